The van der Waals surface area contributed by atoms with Crippen LogP contribution in [0.1, 0.15) is 47.5 Å². The van der Waals surface area contributed by atoms with Gasteiger partial charge in [0.1, 0.15) is 0 Å². The van der Waals surface area contributed by atoms with Crippen molar-refractivity contribution >= 4 is 0 Å². The van der Waals surface area contributed by atoms with Crippen molar-refractivity contribution in [3.8, 4) is 0 Å². The van der Waals surface area contributed by atoms with Crippen LogP contribution in [-0.4, -0.2) is 27.5 Å². The van der Waals surface area contributed by atoms with E-state index in [-0.39, 0.29) is 6.04 Å². The normalized spacial score (nSPS) is 19.5. The molecule has 3 heteroatoms. The molecule has 0 aliphatic carbocycles. The molecule has 3 nitrogen and oxygen atoms in total. The molecular formula is C11H25NO2. The molecule has 14 heavy (non-hydrogen) atoms. The standard InChI is InChI=1S/C11H25NO2/c1-8(2)6-9(12)7-11(5,14)10(3,4)13/h8-9,13-14H,6-7,12H2,1-5H3. The molecule has 0 spiro atoms. The summed E-state index contributed by atoms with van der Waals surface area (Å²) in [7, 11) is 0. The zero-order valence-electron chi connectivity index (χ0n) is 10.0. The lowest BCUT2D eigenvalue weighted by Gasteiger charge is -2.37. The molecule has 0 heterocycles. The average Bonchev–Trinajstić information content (AvgIpc) is 1.79. The monoisotopic (exact) mass is 203 g/mol. The smallest absolute Gasteiger partial charge is 0.0914 e. The number of aliphatic hydroxyl groups is 2. The summed E-state index contributed by atoms with van der Waals surface area (Å²) in [4.78, 5) is 0. The van der Waals surface area contributed by atoms with E-state index in [0.717, 1.165) is 6.42 Å². The molecule has 0 saturated carbocycles. The number of hydrogen-bond donors (Lipinski definition) is 3. The first-order valence-electron chi connectivity index (χ1n) is 5.26. The maximum Gasteiger partial charge on any atom is 0.0914 e. The third-order valence-corrected chi connectivity index (χ3v) is 2.75. The van der Waals surface area contributed by atoms with Gasteiger partial charge in [-0.05, 0) is 39.5 Å². The van der Waals surface area contributed by atoms with Crippen molar-refractivity contribution in [2.75, 3.05) is 0 Å². The molecule has 0 aromatic heterocycles. The number of nitrogens with two attached hydrogens (primary N) is 1. The molecule has 0 aliphatic rings. The third-order valence-electron chi connectivity index (χ3n) is 2.75. The summed E-state index contributed by atoms with van der Waals surface area (Å²) in [6, 6.07) is -0.0589. The Balaban J connectivity index is 4.22. The highest BCUT2D eigenvalue weighted by Gasteiger charge is 2.38. The van der Waals surface area contributed by atoms with Crippen LogP contribution in [0.3, 0.4) is 0 Å². The van der Waals surface area contributed by atoms with Crippen LogP contribution in [0, 0.1) is 5.92 Å². The van der Waals surface area contributed by atoms with Crippen molar-refractivity contribution in [1.29, 1.82) is 0 Å². The van der Waals surface area contributed by atoms with E-state index >= 15 is 0 Å². The van der Waals surface area contributed by atoms with Gasteiger partial charge in [0.25, 0.3) is 0 Å². The lowest BCUT2D eigenvalue weighted by atomic mass is 9.81. The van der Waals surface area contributed by atoms with E-state index in [2.05, 4.69) is 13.8 Å². The first kappa shape index (κ1) is 13.9. The van der Waals surface area contributed by atoms with Gasteiger partial charge in [0, 0.05) is 6.04 Å². The van der Waals surface area contributed by atoms with Crippen LogP contribution in [0.5, 0.6) is 0 Å². The van der Waals surface area contributed by atoms with Gasteiger partial charge in [0.2, 0.25) is 0 Å². The van der Waals surface area contributed by atoms with Gasteiger partial charge >= 0.3 is 0 Å². The van der Waals surface area contributed by atoms with Crippen LogP contribution in [0.25, 0.3) is 0 Å². The van der Waals surface area contributed by atoms with Crippen LogP contribution < -0.4 is 5.73 Å². The van der Waals surface area contributed by atoms with Crippen molar-refractivity contribution in [3.05, 3.63) is 0 Å². The second-order valence-corrected chi connectivity index (χ2v) is 5.43. The molecule has 0 aromatic rings. The molecular weight excluding hydrogens is 178 g/mol. The molecule has 4 N–H and O–H groups in total. The minimum Gasteiger partial charge on any atom is -0.387 e. The van der Waals surface area contributed by atoms with Gasteiger partial charge in [-0.1, -0.05) is 13.8 Å². The Kier molecular flexibility index (Phi) is 4.56. The van der Waals surface area contributed by atoms with Crippen molar-refractivity contribution in [2.24, 2.45) is 11.7 Å². The third kappa shape index (κ3) is 4.40. The van der Waals surface area contributed by atoms with Crippen LogP contribution in [0.4, 0.5) is 0 Å². The SMILES string of the molecule is CC(C)CC(N)CC(C)(O)C(C)(C)O. The first-order chi connectivity index (χ1) is 6.06. The van der Waals surface area contributed by atoms with E-state index in [1.165, 1.54) is 0 Å². The van der Waals surface area contributed by atoms with E-state index < -0.39 is 11.2 Å². The van der Waals surface area contributed by atoms with Crippen molar-refractivity contribution in [2.45, 2.75) is 64.7 Å². The van der Waals surface area contributed by atoms with E-state index in [1.807, 2.05) is 0 Å². The fraction of sp³-hybridized carbons (Fsp3) is 1.00. The fourth-order valence-electron chi connectivity index (χ4n) is 1.45. The summed E-state index contributed by atoms with van der Waals surface area (Å²) >= 11 is 0. The summed E-state index contributed by atoms with van der Waals surface area (Å²) < 4.78 is 0. The first-order valence-corrected chi connectivity index (χ1v) is 5.26. The zero-order valence-corrected chi connectivity index (χ0v) is 10.0. The van der Waals surface area contributed by atoms with Crippen molar-refractivity contribution in [1.82, 2.24) is 0 Å². The molecule has 0 aromatic carbocycles. The Labute approximate surface area is 87.3 Å². The predicted octanol–water partition coefficient (Wildman–Crippen LogP) is 1.27. The maximum atomic E-state index is 10.0. The lowest BCUT2D eigenvalue weighted by Crippen LogP contribution is -2.51. The summed E-state index contributed by atoms with van der Waals surface area (Å²) in [6.07, 6.45) is 1.29. The molecule has 0 radical (unpaired) electrons. The molecule has 0 bridgehead atoms. The highest BCUT2D eigenvalue weighted by atomic mass is 16.4. The predicted molar refractivity (Wildman–Crippen MR) is 59.0 cm³/mol. The van der Waals surface area contributed by atoms with E-state index in [9.17, 15) is 10.2 Å². The number of hydrogen-bond acceptors (Lipinski definition) is 3. The van der Waals surface area contributed by atoms with Gasteiger partial charge < -0.3 is 15.9 Å². The van der Waals surface area contributed by atoms with Crippen LogP contribution in [0.15, 0.2) is 0 Å². The molecule has 0 aliphatic heterocycles. The van der Waals surface area contributed by atoms with Crippen molar-refractivity contribution in [3.63, 3.8) is 0 Å². The van der Waals surface area contributed by atoms with E-state index in [1.54, 1.807) is 20.8 Å². The second kappa shape index (κ2) is 4.60. The zero-order chi connectivity index (χ0) is 11.6. The topological polar surface area (TPSA) is 66.5 Å². The Morgan fingerprint density at radius 2 is 1.57 bits per heavy atom. The van der Waals surface area contributed by atoms with Gasteiger partial charge in [-0.3, -0.25) is 0 Å². The van der Waals surface area contributed by atoms with Gasteiger partial charge in [-0.25, -0.2) is 0 Å². The Morgan fingerprint density at radius 3 is 1.86 bits per heavy atom. The van der Waals surface area contributed by atoms with E-state index in [0.29, 0.717) is 12.3 Å². The van der Waals surface area contributed by atoms with Gasteiger partial charge in [-0.15, -0.1) is 0 Å². The molecule has 0 fully saturated rings. The van der Waals surface area contributed by atoms with Gasteiger partial charge in [0.15, 0.2) is 0 Å². The average molecular weight is 203 g/mol. The second-order valence-electron chi connectivity index (χ2n) is 5.43. The summed E-state index contributed by atoms with van der Waals surface area (Å²) in [6.45, 7) is 9.04. The Hall–Kier alpha value is -0.120. The highest BCUT2D eigenvalue weighted by molar-refractivity contribution is 4.92. The minimum atomic E-state index is -1.12. The van der Waals surface area contributed by atoms with Crippen LogP contribution in [-0.2, 0) is 0 Å². The van der Waals surface area contributed by atoms with Crippen molar-refractivity contribution < 1.29 is 10.2 Å². The molecule has 0 saturated heterocycles. The minimum absolute atomic E-state index is 0.0589. The Morgan fingerprint density at radius 1 is 1.14 bits per heavy atom. The summed E-state index contributed by atoms with van der Waals surface area (Å²) in [5.41, 5.74) is 3.65. The maximum absolute atomic E-state index is 10.0. The van der Waals surface area contributed by atoms with E-state index in [4.69, 9.17) is 5.73 Å². The molecule has 0 amide bonds. The molecule has 2 atom stereocenters. The Bertz CT molecular complexity index is 171. The van der Waals surface area contributed by atoms with Gasteiger partial charge in [0.05, 0.1) is 11.2 Å². The van der Waals surface area contributed by atoms with Crippen LogP contribution in [0.2, 0.25) is 0 Å². The molecule has 86 valence electrons. The molecule has 0 rings (SSSR count). The number of rotatable bonds is 5. The van der Waals surface area contributed by atoms with Gasteiger partial charge in [-0.2, -0.15) is 0 Å². The quantitative estimate of drug-likeness (QED) is 0.630. The highest BCUT2D eigenvalue weighted by Crippen LogP contribution is 2.27. The summed E-state index contributed by atoms with van der Waals surface area (Å²) in [5.74, 6) is 0.516. The van der Waals surface area contributed by atoms with Crippen LogP contribution >= 0.6 is 0 Å². The molecule has 2 unspecified atom stereocenters. The lowest BCUT2D eigenvalue weighted by molar-refractivity contribution is -0.126. The largest absolute Gasteiger partial charge is 0.387 e. The summed E-state index contributed by atoms with van der Waals surface area (Å²) in [5, 5.41) is 19.7. The fourth-order valence-corrected chi connectivity index (χ4v) is 1.45.